The third kappa shape index (κ3) is 3.41. The predicted octanol–water partition coefficient (Wildman–Crippen LogP) is 3.43. The van der Waals surface area contributed by atoms with E-state index in [1.165, 1.54) is 29.5 Å². The normalized spacial score (nSPS) is 16.6. The van der Waals surface area contributed by atoms with Gasteiger partial charge in [0.25, 0.3) is 5.91 Å². The lowest BCUT2D eigenvalue weighted by Gasteiger charge is -2.15. The van der Waals surface area contributed by atoms with E-state index in [0.29, 0.717) is 5.13 Å². The molecule has 3 rings (SSSR count). The molecular weight excluding hydrogens is 348 g/mol. The number of benzene rings is 1. The summed E-state index contributed by atoms with van der Waals surface area (Å²) in [6.07, 6.45) is 2.51. The maximum Gasteiger partial charge on any atom is 0.259 e. The lowest BCUT2D eigenvalue weighted by Crippen LogP contribution is -2.27. The van der Waals surface area contributed by atoms with E-state index in [2.05, 4.69) is 10.3 Å². The first-order valence-corrected chi connectivity index (χ1v) is 7.73. The summed E-state index contributed by atoms with van der Waals surface area (Å²) < 4.78 is 13.4. The van der Waals surface area contributed by atoms with Gasteiger partial charge in [0.15, 0.2) is 5.13 Å². The Labute approximate surface area is 142 Å². The molecule has 1 heterocycles. The number of fused-ring (bicyclic) bond motifs is 1. The van der Waals surface area contributed by atoms with E-state index >= 15 is 0 Å². The smallest absolute Gasteiger partial charge is 0.259 e. The minimum absolute atomic E-state index is 0. The van der Waals surface area contributed by atoms with Crippen LogP contribution in [-0.4, -0.2) is 16.9 Å². The number of rotatable bonds is 2. The zero-order chi connectivity index (χ0) is 15.0. The van der Waals surface area contributed by atoms with Crippen molar-refractivity contribution in [1.29, 1.82) is 0 Å². The first kappa shape index (κ1) is 17.1. The quantitative estimate of drug-likeness (QED) is 0.860. The van der Waals surface area contributed by atoms with Gasteiger partial charge in [-0.05, 0) is 31.4 Å². The largest absolute Gasteiger partial charge is 0.327 e. The lowest BCUT2D eigenvalue weighted by atomic mass is 9.99. The summed E-state index contributed by atoms with van der Waals surface area (Å²) in [7, 11) is 0. The van der Waals surface area contributed by atoms with Crippen LogP contribution in [0.2, 0.25) is 5.02 Å². The van der Waals surface area contributed by atoms with Crippen LogP contribution in [0.4, 0.5) is 9.52 Å². The number of anilines is 1. The molecule has 8 heteroatoms. The molecule has 0 radical (unpaired) electrons. The number of nitrogens with zero attached hydrogens (tertiary/aromatic N) is 1. The molecule has 1 amide bonds. The fourth-order valence-corrected chi connectivity index (χ4v) is 3.61. The average molecular weight is 362 g/mol. The number of hydrogen-bond acceptors (Lipinski definition) is 4. The van der Waals surface area contributed by atoms with Gasteiger partial charge in [-0.1, -0.05) is 17.7 Å². The zero-order valence-corrected chi connectivity index (χ0v) is 13.8. The van der Waals surface area contributed by atoms with E-state index in [-0.39, 0.29) is 29.0 Å². The first-order chi connectivity index (χ1) is 10.0. The number of carbonyl (C=O) groups excluding carboxylic acids is 1. The number of halogens is 3. The summed E-state index contributed by atoms with van der Waals surface area (Å²) in [6, 6.07) is 4.29. The van der Waals surface area contributed by atoms with Crippen LogP contribution in [0.25, 0.3) is 0 Å². The van der Waals surface area contributed by atoms with Crippen LogP contribution in [-0.2, 0) is 12.8 Å². The van der Waals surface area contributed by atoms with Crippen molar-refractivity contribution in [2.24, 2.45) is 5.73 Å². The molecule has 0 bridgehead atoms. The molecule has 1 aliphatic rings. The van der Waals surface area contributed by atoms with Crippen LogP contribution in [0.5, 0.6) is 0 Å². The van der Waals surface area contributed by atoms with Gasteiger partial charge in [0, 0.05) is 10.9 Å². The van der Waals surface area contributed by atoms with Crippen molar-refractivity contribution < 1.29 is 9.18 Å². The van der Waals surface area contributed by atoms with Gasteiger partial charge in [0.05, 0.1) is 16.3 Å². The fourth-order valence-electron chi connectivity index (χ4n) is 2.30. The zero-order valence-electron chi connectivity index (χ0n) is 11.4. The Hall–Kier alpha value is -1.21. The van der Waals surface area contributed by atoms with Crippen LogP contribution >= 0.6 is 35.3 Å². The molecule has 1 atom stereocenters. The number of carbonyl (C=O) groups is 1. The van der Waals surface area contributed by atoms with Crippen molar-refractivity contribution in [2.75, 3.05) is 5.32 Å². The summed E-state index contributed by atoms with van der Waals surface area (Å²) >= 11 is 7.22. The minimum Gasteiger partial charge on any atom is -0.327 e. The van der Waals surface area contributed by atoms with Crippen molar-refractivity contribution in [2.45, 2.75) is 25.3 Å². The molecule has 0 unspecified atom stereocenters. The van der Waals surface area contributed by atoms with Crippen molar-refractivity contribution >= 4 is 46.4 Å². The van der Waals surface area contributed by atoms with E-state index in [9.17, 15) is 9.18 Å². The molecule has 2 aromatic rings. The molecule has 4 nitrogen and oxygen atoms in total. The summed E-state index contributed by atoms with van der Waals surface area (Å²) in [5, 5.41) is 2.99. The van der Waals surface area contributed by atoms with E-state index in [1.807, 2.05) is 0 Å². The van der Waals surface area contributed by atoms with Gasteiger partial charge >= 0.3 is 0 Å². The van der Waals surface area contributed by atoms with Gasteiger partial charge in [0.2, 0.25) is 0 Å². The number of aromatic nitrogens is 1. The van der Waals surface area contributed by atoms with E-state index in [4.69, 9.17) is 17.3 Å². The number of hydrogen-bond donors (Lipinski definition) is 2. The SMILES string of the molecule is Cl.N[C@H]1CCc2nc(NC(=O)c3cccc(F)c3Cl)sc2C1. The Morgan fingerprint density at radius 2 is 2.27 bits per heavy atom. The molecule has 0 aliphatic heterocycles. The second-order valence-corrected chi connectivity index (χ2v) is 6.41. The molecule has 0 saturated carbocycles. The van der Waals surface area contributed by atoms with Gasteiger partial charge in [-0.3, -0.25) is 10.1 Å². The fraction of sp³-hybridized carbons (Fsp3) is 0.286. The Morgan fingerprint density at radius 1 is 1.50 bits per heavy atom. The van der Waals surface area contributed by atoms with Crippen molar-refractivity contribution in [1.82, 2.24) is 4.98 Å². The summed E-state index contributed by atoms with van der Waals surface area (Å²) in [5.41, 5.74) is 7.01. The maximum absolute atomic E-state index is 13.4. The molecule has 0 spiro atoms. The van der Waals surface area contributed by atoms with Crippen LogP contribution < -0.4 is 11.1 Å². The van der Waals surface area contributed by atoms with Crippen LogP contribution in [0.1, 0.15) is 27.3 Å². The number of aryl methyl sites for hydroxylation is 1. The Bertz CT molecular complexity index is 707. The highest BCUT2D eigenvalue weighted by molar-refractivity contribution is 7.15. The van der Waals surface area contributed by atoms with Gasteiger partial charge in [-0.15, -0.1) is 23.7 Å². The van der Waals surface area contributed by atoms with E-state index in [0.717, 1.165) is 29.8 Å². The molecule has 0 fully saturated rings. The van der Waals surface area contributed by atoms with Gasteiger partial charge in [-0.25, -0.2) is 9.37 Å². The monoisotopic (exact) mass is 361 g/mol. The van der Waals surface area contributed by atoms with Crippen molar-refractivity contribution in [3.63, 3.8) is 0 Å². The molecule has 1 aromatic heterocycles. The highest BCUT2D eigenvalue weighted by Crippen LogP contribution is 2.30. The number of nitrogens with two attached hydrogens (primary N) is 1. The molecular formula is C14H14Cl2FN3OS. The molecule has 3 N–H and O–H groups in total. The molecule has 0 saturated heterocycles. The minimum atomic E-state index is -0.617. The van der Waals surface area contributed by atoms with Gasteiger partial charge in [-0.2, -0.15) is 0 Å². The first-order valence-electron chi connectivity index (χ1n) is 6.54. The second-order valence-electron chi connectivity index (χ2n) is 4.95. The molecule has 1 aliphatic carbocycles. The maximum atomic E-state index is 13.4. The number of thiazole rings is 1. The third-order valence-corrected chi connectivity index (χ3v) is 4.81. The summed E-state index contributed by atoms with van der Waals surface area (Å²) in [4.78, 5) is 17.6. The Balaban J connectivity index is 0.00000176. The Kier molecular flexibility index (Phi) is 5.39. The van der Waals surface area contributed by atoms with Crippen molar-refractivity contribution in [3.05, 3.63) is 45.2 Å². The summed E-state index contributed by atoms with van der Waals surface area (Å²) in [6.45, 7) is 0. The standard InChI is InChI=1S/C14H13ClFN3OS.ClH/c15-12-8(2-1-3-9(12)16)13(20)19-14-18-10-5-4-7(17)6-11(10)21-14;/h1-3,7H,4-6,17H2,(H,18,19,20);1H/t7-;/m0./s1. The number of amides is 1. The second kappa shape index (κ2) is 6.91. The van der Waals surface area contributed by atoms with Crippen LogP contribution in [0.3, 0.4) is 0 Å². The lowest BCUT2D eigenvalue weighted by molar-refractivity contribution is 0.102. The Morgan fingerprint density at radius 3 is 3.05 bits per heavy atom. The average Bonchev–Trinajstić information content (AvgIpc) is 2.83. The van der Waals surface area contributed by atoms with Crippen LogP contribution in [0, 0.1) is 5.82 Å². The third-order valence-electron chi connectivity index (χ3n) is 3.39. The van der Waals surface area contributed by atoms with Crippen molar-refractivity contribution in [3.8, 4) is 0 Å². The van der Waals surface area contributed by atoms with Gasteiger partial charge in [0.1, 0.15) is 5.82 Å². The highest BCUT2D eigenvalue weighted by atomic mass is 35.5. The van der Waals surface area contributed by atoms with E-state index in [1.54, 1.807) is 0 Å². The molecule has 118 valence electrons. The molecule has 1 aromatic carbocycles. The van der Waals surface area contributed by atoms with Crippen LogP contribution in [0.15, 0.2) is 18.2 Å². The highest BCUT2D eigenvalue weighted by Gasteiger charge is 2.21. The predicted molar refractivity (Wildman–Crippen MR) is 88.7 cm³/mol. The summed E-state index contributed by atoms with van der Waals surface area (Å²) in [5.74, 6) is -1.08. The van der Waals surface area contributed by atoms with Gasteiger partial charge < -0.3 is 5.73 Å². The number of nitrogens with one attached hydrogen (secondary N) is 1. The van der Waals surface area contributed by atoms with E-state index < -0.39 is 11.7 Å². The topological polar surface area (TPSA) is 68.0 Å². The molecule has 22 heavy (non-hydrogen) atoms.